The number of carbonyl (C=O) groups is 1. The molecule has 142 valence electrons. The fourth-order valence-electron chi connectivity index (χ4n) is 4.14. The third-order valence-corrected chi connectivity index (χ3v) is 5.63. The van der Waals surface area contributed by atoms with Crippen LogP contribution in [0.5, 0.6) is 5.75 Å². The molecule has 3 rings (SSSR count). The molecule has 1 amide bonds. The predicted molar refractivity (Wildman–Crippen MR) is 106 cm³/mol. The van der Waals surface area contributed by atoms with Gasteiger partial charge in [0.05, 0.1) is 7.11 Å². The Hall–Kier alpha value is -1.81. The Morgan fingerprint density at radius 1 is 1.19 bits per heavy atom. The van der Waals surface area contributed by atoms with Gasteiger partial charge in [-0.25, -0.2) is 0 Å². The Labute approximate surface area is 157 Å². The maximum atomic E-state index is 12.2. The maximum Gasteiger partial charge on any atom is 0.222 e. The van der Waals surface area contributed by atoms with Gasteiger partial charge in [0, 0.05) is 38.2 Å². The van der Waals surface area contributed by atoms with Crippen LogP contribution in [-0.4, -0.2) is 55.5 Å². The molecule has 2 aliphatic rings. The highest BCUT2D eigenvalue weighted by atomic mass is 16.5. The van der Waals surface area contributed by atoms with Crippen LogP contribution in [0, 0.1) is 5.92 Å². The van der Waals surface area contributed by atoms with E-state index in [2.05, 4.69) is 28.0 Å². The van der Waals surface area contributed by atoms with E-state index in [9.17, 15) is 4.79 Å². The van der Waals surface area contributed by atoms with Gasteiger partial charge in [0.1, 0.15) is 5.75 Å². The van der Waals surface area contributed by atoms with E-state index in [1.165, 1.54) is 25.7 Å². The second kappa shape index (κ2) is 9.77. The van der Waals surface area contributed by atoms with E-state index in [0.29, 0.717) is 11.8 Å². The highest BCUT2D eigenvalue weighted by Crippen LogP contribution is 2.23. The molecule has 1 atom stereocenters. The quantitative estimate of drug-likeness (QED) is 0.744. The minimum atomic E-state index is 0.371. The summed E-state index contributed by atoms with van der Waals surface area (Å²) in [6, 6.07) is 8.11. The number of hydrogen-bond acceptors (Lipinski definition) is 3. The van der Waals surface area contributed by atoms with Crippen molar-refractivity contribution in [3.63, 3.8) is 0 Å². The van der Waals surface area contributed by atoms with Crippen molar-refractivity contribution < 1.29 is 9.53 Å². The molecule has 1 aromatic rings. The molecule has 4 nitrogen and oxygen atoms in total. The number of hydrogen-bond donors (Lipinski definition) is 0. The van der Waals surface area contributed by atoms with Crippen LogP contribution in [0.4, 0.5) is 0 Å². The average molecular weight is 357 g/mol. The van der Waals surface area contributed by atoms with E-state index in [1.54, 1.807) is 7.11 Å². The summed E-state index contributed by atoms with van der Waals surface area (Å²) in [5, 5.41) is 0. The van der Waals surface area contributed by atoms with Gasteiger partial charge in [0.25, 0.3) is 0 Å². The number of ether oxygens (including phenoxy) is 1. The minimum Gasteiger partial charge on any atom is -0.496 e. The maximum absolute atomic E-state index is 12.2. The number of nitrogens with zero attached hydrogens (tertiary/aromatic N) is 2. The first-order valence-corrected chi connectivity index (χ1v) is 10.1. The van der Waals surface area contributed by atoms with Gasteiger partial charge in [-0.15, -0.1) is 0 Å². The van der Waals surface area contributed by atoms with Gasteiger partial charge < -0.3 is 9.64 Å². The van der Waals surface area contributed by atoms with Crippen molar-refractivity contribution in [1.29, 1.82) is 0 Å². The van der Waals surface area contributed by atoms with E-state index in [-0.39, 0.29) is 0 Å². The number of methoxy groups -OCH3 is 1. The summed E-state index contributed by atoms with van der Waals surface area (Å²) in [4.78, 5) is 16.8. The monoisotopic (exact) mass is 356 g/mol. The van der Waals surface area contributed by atoms with Gasteiger partial charge in [-0.3, -0.25) is 9.69 Å². The fraction of sp³-hybridized carbons (Fsp3) is 0.591. The lowest BCUT2D eigenvalue weighted by Crippen LogP contribution is -2.36. The Balaban J connectivity index is 1.43. The van der Waals surface area contributed by atoms with Crippen LogP contribution in [0.1, 0.15) is 44.1 Å². The van der Waals surface area contributed by atoms with Crippen molar-refractivity contribution in [2.45, 2.75) is 38.5 Å². The van der Waals surface area contributed by atoms with Crippen LogP contribution in [0.25, 0.3) is 6.08 Å². The highest BCUT2D eigenvalue weighted by molar-refractivity contribution is 5.76. The molecule has 0 aliphatic carbocycles. The van der Waals surface area contributed by atoms with Crippen LogP contribution in [0.2, 0.25) is 0 Å². The van der Waals surface area contributed by atoms with Crippen LogP contribution in [-0.2, 0) is 4.79 Å². The van der Waals surface area contributed by atoms with Crippen molar-refractivity contribution in [3.8, 4) is 5.75 Å². The van der Waals surface area contributed by atoms with Crippen molar-refractivity contribution >= 4 is 12.0 Å². The number of carbonyl (C=O) groups excluding carboxylic acids is 1. The Bertz CT molecular complexity index is 608. The van der Waals surface area contributed by atoms with Gasteiger partial charge in [-0.2, -0.15) is 0 Å². The summed E-state index contributed by atoms with van der Waals surface area (Å²) < 4.78 is 5.40. The molecule has 0 N–H and O–H groups in total. The van der Waals surface area contributed by atoms with Crippen molar-refractivity contribution in [3.05, 3.63) is 35.9 Å². The number of rotatable bonds is 7. The SMILES string of the molecule is COc1ccccc1/C=C/CN1CCCC(CCC(=O)N2CCCC2)C1. The molecule has 0 spiro atoms. The van der Waals surface area contributed by atoms with E-state index in [4.69, 9.17) is 4.74 Å². The van der Waals surface area contributed by atoms with Gasteiger partial charge in [-0.05, 0) is 50.6 Å². The Kier molecular flexibility index (Phi) is 7.13. The van der Waals surface area contributed by atoms with Crippen molar-refractivity contribution in [1.82, 2.24) is 9.80 Å². The third-order valence-electron chi connectivity index (χ3n) is 5.63. The standard InChI is InChI=1S/C22H32N2O2/c1-26-21-11-3-2-9-20(21)10-7-15-23-14-6-8-19(18-23)12-13-22(25)24-16-4-5-17-24/h2-3,7,9-11,19H,4-6,8,12-18H2,1H3/b10-7+. The van der Waals surface area contributed by atoms with E-state index < -0.39 is 0 Å². The van der Waals surface area contributed by atoms with Gasteiger partial charge >= 0.3 is 0 Å². The second-order valence-corrected chi connectivity index (χ2v) is 7.54. The summed E-state index contributed by atoms with van der Waals surface area (Å²) >= 11 is 0. The topological polar surface area (TPSA) is 32.8 Å². The highest BCUT2D eigenvalue weighted by Gasteiger charge is 2.22. The molecule has 4 heteroatoms. The first-order chi connectivity index (χ1) is 12.8. The number of amides is 1. The zero-order valence-electron chi connectivity index (χ0n) is 16.0. The van der Waals surface area contributed by atoms with Gasteiger partial charge in [-0.1, -0.05) is 30.4 Å². The zero-order valence-corrected chi connectivity index (χ0v) is 16.0. The molecule has 26 heavy (non-hydrogen) atoms. The number of piperidine rings is 1. The van der Waals surface area contributed by atoms with E-state index in [0.717, 1.165) is 56.9 Å². The molecule has 2 aliphatic heterocycles. The predicted octanol–water partition coefficient (Wildman–Crippen LogP) is 3.82. The molecule has 0 bridgehead atoms. The molecule has 2 fully saturated rings. The van der Waals surface area contributed by atoms with Crippen molar-refractivity contribution in [2.75, 3.05) is 39.8 Å². The molecular formula is C22H32N2O2. The van der Waals surface area contributed by atoms with E-state index >= 15 is 0 Å². The van der Waals surface area contributed by atoms with Crippen LogP contribution < -0.4 is 4.74 Å². The fourth-order valence-corrected chi connectivity index (χ4v) is 4.14. The van der Waals surface area contributed by atoms with Gasteiger partial charge in [0.15, 0.2) is 0 Å². The normalized spacial score (nSPS) is 21.4. The number of likely N-dealkylation sites (tertiary alicyclic amines) is 2. The number of para-hydroxylation sites is 1. The van der Waals surface area contributed by atoms with Crippen molar-refractivity contribution in [2.24, 2.45) is 5.92 Å². The summed E-state index contributed by atoms with van der Waals surface area (Å²) in [6.07, 6.45) is 11.0. The molecular weight excluding hydrogens is 324 g/mol. The molecule has 0 saturated carbocycles. The molecule has 0 radical (unpaired) electrons. The lowest BCUT2D eigenvalue weighted by Gasteiger charge is -2.32. The summed E-state index contributed by atoms with van der Waals surface area (Å²) in [6.45, 7) is 5.19. The smallest absolute Gasteiger partial charge is 0.222 e. The first-order valence-electron chi connectivity index (χ1n) is 10.1. The molecule has 1 aromatic carbocycles. The average Bonchev–Trinajstić information content (AvgIpc) is 3.22. The largest absolute Gasteiger partial charge is 0.496 e. The summed E-state index contributed by atoms with van der Waals surface area (Å²) in [5.74, 6) is 1.95. The third kappa shape index (κ3) is 5.34. The molecule has 1 unspecified atom stereocenters. The minimum absolute atomic E-state index is 0.371. The Morgan fingerprint density at radius 2 is 2.00 bits per heavy atom. The van der Waals surface area contributed by atoms with Crippen LogP contribution in [0.3, 0.4) is 0 Å². The molecule has 2 heterocycles. The zero-order chi connectivity index (χ0) is 18.2. The lowest BCUT2D eigenvalue weighted by molar-refractivity contribution is -0.130. The first kappa shape index (κ1) is 19.0. The van der Waals surface area contributed by atoms with Crippen LogP contribution in [0.15, 0.2) is 30.3 Å². The number of benzene rings is 1. The summed E-state index contributed by atoms with van der Waals surface area (Å²) in [5.41, 5.74) is 1.12. The Morgan fingerprint density at radius 3 is 2.81 bits per heavy atom. The lowest BCUT2D eigenvalue weighted by atomic mass is 9.93. The molecule has 0 aromatic heterocycles. The van der Waals surface area contributed by atoms with Crippen LogP contribution >= 0.6 is 0 Å². The summed E-state index contributed by atoms with van der Waals surface area (Å²) in [7, 11) is 1.71. The molecule has 2 saturated heterocycles. The second-order valence-electron chi connectivity index (χ2n) is 7.54. The van der Waals surface area contributed by atoms with Gasteiger partial charge in [0.2, 0.25) is 5.91 Å². The van der Waals surface area contributed by atoms with E-state index in [1.807, 2.05) is 18.2 Å².